The van der Waals surface area contributed by atoms with Gasteiger partial charge >= 0.3 is 5.66 Å². The third-order valence-electron chi connectivity index (χ3n) is 5.70. The first-order valence-corrected chi connectivity index (χ1v) is 11.3. The Hall–Kier alpha value is -2.93. The topological polar surface area (TPSA) is 98.3 Å². The first-order chi connectivity index (χ1) is 15.6. The highest BCUT2D eigenvalue weighted by atomic mass is 35.5. The maximum atomic E-state index is 13.1. The minimum atomic E-state index is -1.49. The van der Waals surface area contributed by atoms with Crippen molar-refractivity contribution in [2.75, 3.05) is 11.9 Å². The second kappa shape index (κ2) is 10.3. The number of ether oxygens (including phenoxy) is 1. The molecule has 1 unspecified atom stereocenters. The highest BCUT2D eigenvalue weighted by molar-refractivity contribution is 6.31. The molecule has 0 saturated heterocycles. The Morgan fingerprint density at radius 3 is 2.76 bits per heavy atom. The minimum absolute atomic E-state index is 0.00220. The number of amides is 1. The fraction of sp³-hybridized carbons (Fsp3) is 0.591. The molecule has 33 heavy (non-hydrogen) atoms. The normalized spacial score (nSPS) is 19.4. The quantitative estimate of drug-likeness (QED) is 0.547. The largest absolute Gasteiger partial charge is 0.476 e. The molecule has 1 atom stereocenters. The zero-order valence-corrected chi connectivity index (χ0v) is 20.0. The first kappa shape index (κ1) is 24.7. The molecule has 0 aliphatic heterocycles. The lowest BCUT2D eigenvalue weighted by molar-refractivity contribution is -0.126. The molecular formula is C22H29ClFN7O2. The number of nitrogens with one attached hydrogen (secondary N) is 2. The molecule has 1 amide bonds. The van der Waals surface area contributed by atoms with Crippen LogP contribution in [-0.4, -0.2) is 44.5 Å². The fourth-order valence-corrected chi connectivity index (χ4v) is 3.68. The minimum Gasteiger partial charge on any atom is -0.476 e. The van der Waals surface area contributed by atoms with Crippen LogP contribution in [0.5, 0.6) is 5.88 Å². The van der Waals surface area contributed by atoms with Crippen molar-refractivity contribution >= 4 is 29.1 Å². The molecule has 3 rings (SSSR count). The molecule has 11 heteroatoms. The third kappa shape index (κ3) is 6.32. The van der Waals surface area contributed by atoms with Gasteiger partial charge in [-0.05, 0) is 45.4 Å². The van der Waals surface area contributed by atoms with Gasteiger partial charge in [0.2, 0.25) is 11.8 Å². The Morgan fingerprint density at radius 2 is 2.12 bits per heavy atom. The molecule has 1 fully saturated rings. The SMILES string of the molecule is [C-]#[N+]C(C)(C)n1cc(Nc2ncc(Cl)c(OCC3CCC(NC(=O)C(C)F)CC3)n2)c(C)n1. The van der Waals surface area contributed by atoms with Gasteiger partial charge in [-0.1, -0.05) is 11.6 Å². The van der Waals surface area contributed by atoms with Gasteiger partial charge in [-0.3, -0.25) is 9.64 Å². The van der Waals surface area contributed by atoms with E-state index in [4.69, 9.17) is 22.9 Å². The standard InChI is InChI=1S/C22H29ClFN7O2/c1-13(24)19(32)27-16-8-6-15(7-9-16)12-33-20-17(23)10-26-21(29-20)28-18-11-31(30-14(18)2)22(3,4)25-5/h10-11,13,15-16H,6-9,12H2,1-4H3,(H,27,32)(H,26,28,29). The van der Waals surface area contributed by atoms with E-state index in [2.05, 4.69) is 30.5 Å². The van der Waals surface area contributed by atoms with E-state index in [1.165, 1.54) is 13.1 Å². The van der Waals surface area contributed by atoms with Crippen LogP contribution >= 0.6 is 11.6 Å². The van der Waals surface area contributed by atoms with Crippen molar-refractivity contribution in [3.8, 4) is 5.88 Å². The molecule has 0 spiro atoms. The van der Waals surface area contributed by atoms with Gasteiger partial charge in [0.25, 0.3) is 5.91 Å². The first-order valence-electron chi connectivity index (χ1n) is 10.9. The molecule has 2 N–H and O–H groups in total. The summed E-state index contributed by atoms with van der Waals surface area (Å²) in [5, 5.41) is 10.6. The smallest absolute Gasteiger partial charge is 0.319 e. The van der Waals surface area contributed by atoms with Gasteiger partial charge in [-0.2, -0.15) is 14.8 Å². The Labute approximate surface area is 197 Å². The summed E-state index contributed by atoms with van der Waals surface area (Å²) in [6, 6.07) is 0.00220. The summed E-state index contributed by atoms with van der Waals surface area (Å²) in [5.74, 6) is 0.326. The van der Waals surface area contributed by atoms with Crippen LogP contribution in [0.4, 0.5) is 16.0 Å². The second-order valence-electron chi connectivity index (χ2n) is 8.80. The van der Waals surface area contributed by atoms with Crippen LogP contribution < -0.4 is 15.4 Å². The lowest BCUT2D eigenvalue weighted by Crippen LogP contribution is -2.41. The van der Waals surface area contributed by atoms with Gasteiger partial charge in [-0.15, -0.1) is 0 Å². The number of nitrogens with zero attached hydrogens (tertiary/aromatic N) is 5. The van der Waals surface area contributed by atoms with Crippen LogP contribution in [-0.2, 0) is 10.5 Å². The number of hydrogen-bond donors (Lipinski definition) is 2. The molecule has 0 radical (unpaired) electrons. The molecule has 2 heterocycles. The monoisotopic (exact) mass is 477 g/mol. The Morgan fingerprint density at radius 1 is 1.42 bits per heavy atom. The van der Waals surface area contributed by atoms with Crippen LogP contribution in [0.3, 0.4) is 0 Å². The van der Waals surface area contributed by atoms with Gasteiger partial charge < -0.3 is 15.4 Å². The molecule has 2 aromatic heterocycles. The van der Waals surface area contributed by atoms with E-state index < -0.39 is 17.7 Å². The number of alkyl halides is 1. The van der Waals surface area contributed by atoms with E-state index in [-0.39, 0.29) is 11.9 Å². The summed E-state index contributed by atoms with van der Waals surface area (Å²) >= 11 is 6.23. The number of aromatic nitrogens is 4. The molecule has 1 saturated carbocycles. The average Bonchev–Trinajstić information content (AvgIpc) is 3.16. The number of halogens is 2. The van der Waals surface area contributed by atoms with Crippen LogP contribution in [0, 0.1) is 19.4 Å². The van der Waals surface area contributed by atoms with E-state index in [0.717, 1.165) is 25.7 Å². The molecule has 1 aliphatic rings. The number of aryl methyl sites for hydroxylation is 1. The van der Waals surface area contributed by atoms with Crippen molar-refractivity contribution in [2.24, 2.45) is 5.92 Å². The maximum Gasteiger partial charge on any atom is 0.319 e. The summed E-state index contributed by atoms with van der Waals surface area (Å²) in [6.07, 6.45) is 4.99. The van der Waals surface area contributed by atoms with Gasteiger partial charge in [0, 0.05) is 19.9 Å². The van der Waals surface area contributed by atoms with Crippen molar-refractivity contribution < 1.29 is 13.9 Å². The number of anilines is 2. The maximum absolute atomic E-state index is 13.1. The molecule has 9 nitrogen and oxygen atoms in total. The van der Waals surface area contributed by atoms with Crippen LogP contribution in [0.15, 0.2) is 12.4 Å². The summed E-state index contributed by atoms with van der Waals surface area (Å²) in [7, 11) is 0. The fourth-order valence-electron chi connectivity index (χ4n) is 3.53. The molecular weight excluding hydrogens is 449 g/mol. The van der Waals surface area contributed by atoms with E-state index in [1.807, 2.05) is 6.92 Å². The van der Waals surface area contributed by atoms with Gasteiger partial charge in [-0.25, -0.2) is 15.9 Å². The Bertz CT molecular complexity index is 1030. The summed E-state index contributed by atoms with van der Waals surface area (Å²) in [4.78, 5) is 23.7. The predicted octanol–water partition coefficient (Wildman–Crippen LogP) is 4.40. The molecule has 1 aliphatic carbocycles. The highest BCUT2D eigenvalue weighted by Crippen LogP contribution is 2.29. The van der Waals surface area contributed by atoms with Crippen molar-refractivity contribution in [1.82, 2.24) is 25.1 Å². The van der Waals surface area contributed by atoms with Crippen molar-refractivity contribution in [2.45, 2.75) is 71.3 Å². The number of hydrogen-bond acceptors (Lipinski definition) is 6. The van der Waals surface area contributed by atoms with Crippen molar-refractivity contribution in [3.63, 3.8) is 0 Å². The molecule has 0 aromatic carbocycles. The number of carbonyl (C=O) groups is 1. The van der Waals surface area contributed by atoms with E-state index in [0.29, 0.717) is 34.9 Å². The van der Waals surface area contributed by atoms with E-state index in [1.54, 1.807) is 24.7 Å². The highest BCUT2D eigenvalue weighted by Gasteiger charge is 2.28. The van der Waals surface area contributed by atoms with Crippen molar-refractivity contribution in [1.29, 1.82) is 0 Å². The van der Waals surface area contributed by atoms with Gasteiger partial charge in [0.15, 0.2) is 6.17 Å². The summed E-state index contributed by atoms with van der Waals surface area (Å²) in [5.41, 5.74) is 0.591. The summed E-state index contributed by atoms with van der Waals surface area (Å²) in [6.45, 7) is 14.4. The lowest BCUT2D eigenvalue weighted by Gasteiger charge is -2.29. The third-order valence-corrected chi connectivity index (χ3v) is 5.96. The Balaban J connectivity index is 1.57. The van der Waals surface area contributed by atoms with Crippen molar-refractivity contribution in [3.05, 3.63) is 34.5 Å². The van der Waals surface area contributed by atoms with E-state index in [9.17, 15) is 9.18 Å². The number of carbonyl (C=O) groups excluding carboxylic acids is 1. The molecule has 2 aromatic rings. The second-order valence-corrected chi connectivity index (χ2v) is 9.21. The zero-order valence-electron chi connectivity index (χ0n) is 19.2. The van der Waals surface area contributed by atoms with Crippen LogP contribution in [0.1, 0.15) is 52.1 Å². The Kier molecular flexibility index (Phi) is 7.74. The van der Waals surface area contributed by atoms with Crippen LogP contribution in [0.2, 0.25) is 5.02 Å². The average molecular weight is 478 g/mol. The van der Waals surface area contributed by atoms with Gasteiger partial charge in [0.05, 0.1) is 30.4 Å². The molecule has 0 bridgehead atoms. The van der Waals surface area contributed by atoms with Crippen LogP contribution in [0.25, 0.3) is 4.85 Å². The van der Waals surface area contributed by atoms with E-state index >= 15 is 0 Å². The number of rotatable bonds is 8. The summed E-state index contributed by atoms with van der Waals surface area (Å²) < 4.78 is 20.5. The molecule has 178 valence electrons. The van der Waals surface area contributed by atoms with Gasteiger partial charge in [0.1, 0.15) is 5.02 Å². The zero-order chi connectivity index (χ0) is 24.2. The lowest BCUT2D eigenvalue weighted by atomic mass is 9.86. The predicted molar refractivity (Wildman–Crippen MR) is 123 cm³/mol.